The summed E-state index contributed by atoms with van der Waals surface area (Å²) in [5.74, 6) is -2.27. The van der Waals surface area contributed by atoms with Crippen LogP contribution >= 0.6 is 0 Å². The Kier molecular flexibility index (Phi) is 8.72. The van der Waals surface area contributed by atoms with Gasteiger partial charge in [-0.2, -0.15) is 0 Å². The standard InChI is InChI=1S/C33H52O5/c1-20(34)28(37)22(13-21-11-10-12-21)14-27(36)24-17-33(19-32(33,8)9)18-25(24)29(38)26(31(5,6)7)15-23(35)16-30(2,3)4/h21-22,24-26H,10-19H2,1-9H3. The van der Waals surface area contributed by atoms with Gasteiger partial charge in [-0.15, -0.1) is 0 Å². The average Bonchev–Trinajstić information content (AvgIpc) is 3.05. The summed E-state index contributed by atoms with van der Waals surface area (Å²) >= 11 is 0. The maximum absolute atomic E-state index is 14.3. The Labute approximate surface area is 230 Å². The zero-order valence-electron chi connectivity index (χ0n) is 25.5. The second-order valence-corrected chi connectivity index (χ2v) is 16.1. The molecule has 0 aromatic heterocycles. The van der Waals surface area contributed by atoms with E-state index < -0.39 is 40.7 Å². The quantitative estimate of drug-likeness (QED) is 0.255. The molecule has 3 aliphatic rings. The molecule has 0 amide bonds. The number of carbonyl (C=O) groups is 5. The van der Waals surface area contributed by atoms with E-state index in [1.165, 1.54) is 6.92 Å². The van der Waals surface area contributed by atoms with Crippen LogP contribution in [-0.2, 0) is 24.0 Å². The molecule has 1 spiro atoms. The van der Waals surface area contributed by atoms with E-state index in [4.69, 9.17) is 0 Å². The van der Waals surface area contributed by atoms with Gasteiger partial charge in [0, 0.05) is 49.9 Å². The molecule has 0 aromatic carbocycles. The summed E-state index contributed by atoms with van der Waals surface area (Å²) in [5.41, 5.74) is -0.487. The lowest BCUT2D eigenvalue weighted by Crippen LogP contribution is -2.39. The Morgan fingerprint density at radius 3 is 1.84 bits per heavy atom. The lowest BCUT2D eigenvalue weighted by molar-refractivity contribution is -0.141. The molecule has 214 valence electrons. The van der Waals surface area contributed by atoms with E-state index in [2.05, 4.69) is 13.8 Å². The average molecular weight is 529 g/mol. The van der Waals surface area contributed by atoms with E-state index in [0.29, 0.717) is 31.6 Å². The van der Waals surface area contributed by atoms with Crippen LogP contribution in [0.4, 0.5) is 0 Å². The van der Waals surface area contributed by atoms with Crippen molar-refractivity contribution in [3.8, 4) is 0 Å². The van der Waals surface area contributed by atoms with Crippen LogP contribution in [0.1, 0.15) is 127 Å². The van der Waals surface area contributed by atoms with Crippen molar-refractivity contribution in [3.05, 3.63) is 0 Å². The monoisotopic (exact) mass is 528 g/mol. The lowest BCUT2D eigenvalue weighted by atomic mass is 9.69. The van der Waals surface area contributed by atoms with Crippen LogP contribution in [0.15, 0.2) is 0 Å². The zero-order valence-corrected chi connectivity index (χ0v) is 25.5. The minimum absolute atomic E-state index is 0.0282. The summed E-state index contributed by atoms with van der Waals surface area (Å²) in [6, 6.07) is 0. The molecular formula is C33H52O5. The number of rotatable bonds is 12. The van der Waals surface area contributed by atoms with Gasteiger partial charge < -0.3 is 0 Å². The molecule has 0 aliphatic heterocycles. The topological polar surface area (TPSA) is 85.3 Å². The first-order valence-corrected chi connectivity index (χ1v) is 14.9. The maximum atomic E-state index is 14.3. The third-order valence-corrected chi connectivity index (χ3v) is 10.1. The van der Waals surface area contributed by atoms with Crippen LogP contribution in [0.25, 0.3) is 0 Å². The third-order valence-electron chi connectivity index (χ3n) is 10.1. The molecule has 5 unspecified atom stereocenters. The molecule has 3 fully saturated rings. The van der Waals surface area contributed by atoms with E-state index in [-0.39, 0.29) is 46.4 Å². The summed E-state index contributed by atoms with van der Waals surface area (Å²) < 4.78 is 0. The predicted molar refractivity (Wildman–Crippen MR) is 149 cm³/mol. The Hall–Kier alpha value is -1.65. The highest BCUT2D eigenvalue weighted by molar-refractivity contribution is 6.37. The predicted octanol–water partition coefficient (Wildman–Crippen LogP) is 6.98. The van der Waals surface area contributed by atoms with E-state index in [9.17, 15) is 24.0 Å². The highest BCUT2D eigenvalue weighted by Crippen LogP contribution is 2.73. The minimum Gasteiger partial charge on any atom is -0.300 e. The number of Topliss-reactive ketones (excluding diaryl/α,β-unsaturated/α-hetero) is 5. The first kappa shape index (κ1) is 30.9. The molecule has 0 heterocycles. The number of hydrogen-bond acceptors (Lipinski definition) is 5. The fourth-order valence-electron chi connectivity index (χ4n) is 7.42. The molecule has 5 nitrogen and oxygen atoms in total. The summed E-state index contributed by atoms with van der Waals surface area (Å²) in [7, 11) is 0. The summed E-state index contributed by atoms with van der Waals surface area (Å²) in [6.45, 7) is 17.9. The van der Waals surface area contributed by atoms with Crippen LogP contribution in [0.3, 0.4) is 0 Å². The summed E-state index contributed by atoms with van der Waals surface area (Å²) in [5, 5.41) is 0. The fourth-order valence-corrected chi connectivity index (χ4v) is 7.42. The fraction of sp³-hybridized carbons (Fsp3) is 0.848. The molecular weight excluding hydrogens is 476 g/mol. The van der Waals surface area contributed by atoms with Crippen molar-refractivity contribution in [2.45, 2.75) is 127 Å². The van der Waals surface area contributed by atoms with E-state index in [0.717, 1.165) is 25.7 Å². The van der Waals surface area contributed by atoms with Crippen molar-refractivity contribution in [2.24, 2.45) is 51.2 Å². The molecule has 0 aromatic rings. The van der Waals surface area contributed by atoms with E-state index in [1.807, 2.05) is 41.5 Å². The largest absolute Gasteiger partial charge is 0.300 e. The van der Waals surface area contributed by atoms with Gasteiger partial charge in [0.2, 0.25) is 5.78 Å². The van der Waals surface area contributed by atoms with E-state index >= 15 is 0 Å². The van der Waals surface area contributed by atoms with Crippen molar-refractivity contribution in [2.75, 3.05) is 0 Å². The maximum Gasteiger partial charge on any atom is 0.201 e. The van der Waals surface area contributed by atoms with Crippen molar-refractivity contribution in [3.63, 3.8) is 0 Å². The van der Waals surface area contributed by atoms with E-state index in [1.54, 1.807) is 0 Å². The summed E-state index contributed by atoms with van der Waals surface area (Å²) in [4.78, 5) is 66.0. The van der Waals surface area contributed by atoms with Gasteiger partial charge in [-0.1, -0.05) is 74.7 Å². The SMILES string of the molecule is CC(=O)C(=O)C(CC(=O)C1CC2(CC1C(=O)C(CC(=O)CC(C)(C)C)C(C)(C)C)CC2(C)C)CC1CCC1. The van der Waals surface area contributed by atoms with Gasteiger partial charge in [-0.05, 0) is 53.3 Å². The normalized spacial score (nSPS) is 28.4. The molecule has 3 rings (SSSR count). The Morgan fingerprint density at radius 2 is 1.42 bits per heavy atom. The van der Waals surface area contributed by atoms with Crippen LogP contribution in [0.5, 0.6) is 0 Å². The highest BCUT2D eigenvalue weighted by Gasteiger charge is 2.67. The lowest BCUT2D eigenvalue weighted by Gasteiger charge is -2.33. The molecule has 3 aliphatic carbocycles. The summed E-state index contributed by atoms with van der Waals surface area (Å²) in [6.07, 6.45) is 6.87. The minimum atomic E-state index is -0.573. The molecule has 0 saturated heterocycles. The Balaban J connectivity index is 1.86. The Morgan fingerprint density at radius 1 is 0.868 bits per heavy atom. The number of hydrogen-bond donors (Lipinski definition) is 0. The van der Waals surface area contributed by atoms with Gasteiger partial charge in [0.25, 0.3) is 0 Å². The van der Waals surface area contributed by atoms with Crippen LogP contribution in [0.2, 0.25) is 0 Å². The second kappa shape index (κ2) is 10.7. The molecule has 0 bridgehead atoms. The van der Waals surface area contributed by atoms with Crippen molar-refractivity contribution < 1.29 is 24.0 Å². The van der Waals surface area contributed by atoms with Crippen LogP contribution < -0.4 is 0 Å². The van der Waals surface area contributed by atoms with Gasteiger partial charge in [0.1, 0.15) is 17.3 Å². The molecule has 0 radical (unpaired) electrons. The van der Waals surface area contributed by atoms with Crippen LogP contribution in [0, 0.1) is 51.2 Å². The van der Waals surface area contributed by atoms with Crippen molar-refractivity contribution in [1.82, 2.24) is 0 Å². The molecule has 5 heteroatoms. The van der Waals surface area contributed by atoms with Gasteiger partial charge in [0.15, 0.2) is 5.78 Å². The first-order valence-electron chi connectivity index (χ1n) is 14.9. The van der Waals surface area contributed by atoms with Gasteiger partial charge in [0.05, 0.1) is 0 Å². The number of carbonyl (C=O) groups excluding carboxylic acids is 5. The van der Waals surface area contributed by atoms with Gasteiger partial charge >= 0.3 is 0 Å². The Bertz CT molecular complexity index is 970. The molecule has 3 saturated carbocycles. The van der Waals surface area contributed by atoms with Crippen LogP contribution in [-0.4, -0.2) is 28.9 Å². The smallest absolute Gasteiger partial charge is 0.201 e. The van der Waals surface area contributed by atoms with Crippen molar-refractivity contribution >= 4 is 28.9 Å². The molecule has 38 heavy (non-hydrogen) atoms. The molecule has 0 N–H and O–H groups in total. The zero-order chi connectivity index (χ0) is 28.8. The first-order chi connectivity index (χ1) is 17.3. The van der Waals surface area contributed by atoms with Crippen molar-refractivity contribution in [1.29, 1.82) is 0 Å². The highest BCUT2D eigenvalue weighted by atomic mass is 16.2. The number of ketones is 5. The molecule has 5 atom stereocenters. The third kappa shape index (κ3) is 6.91. The van der Waals surface area contributed by atoms with Gasteiger partial charge in [-0.3, -0.25) is 24.0 Å². The second-order valence-electron chi connectivity index (χ2n) is 16.1. The van der Waals surface area contributed by atoms with Gasteiger partial charge in [-0.25, -0.2) is 0 Å².